The number of hydrogen-bond acceptors (Lipinski definition) is 6. The Balaban J connectivity index is 1.31. The number of carbonyl (C=O) groups is 2. The maximum atomic E-state index is 13.8. The largest absolute Gasteiger partial charge is 0.390 e. The van der Waals surface area contributed by atoms with Crippen molar-refractivity contribution in [3.63, 3.8) is 0 Å². The molecule has 4 heterocycles. The molecule has 0 aliphatic carbocycles. The lowest BCUT2D eigenvalue weighted by atomic mass is 9.88. The molecule has 0 aromatic heterocycles. The van der Waals surface area contributed by atoms with Crippen molar-refractivity contribution in [3.05, 3.63) is 46.9 Å². The third kappa shape index (κ3) is 4.28. The van der Waals surface area contributed by atoms with E-state index in [9.17, 15) is 19.1 Å². The summed E-state index contributed by atoms with van der Waals surface area (Å²) in [5, 5.41) is 16.7. The molecule has 1 aromatic rings. The van der Waals surface area contributed by atoms with E-state index in [4.69, 9.17) is 4.74 Å². The van der Waals surface area contributed by atoms with Gasteiger partial charge in [-0.1, -0.05) is 0 Å². The number of nitrogens with zero attached hydrogens (tertiary/aromatic N) is 2. The summed E-state index contributed by atoms with van der Waals surface area (Å²) in [4.78, 5) is 29.7. The summed E-state index contributed by atoms with van der Waals surface area (Å²) in [6.45, 7) is 6.22. The normalized spacial score (nSPS) is 27.5. The molecular weight excluding hydrogens is 427 g/mol. The summed E-state index contributed by atoms with van der Waals surface area (Å²) in [6, 6.07) is 4.17. The molecule has 1 aromatic carbocycles. The smallest absolute Gasteiger partial charge is 0.256 e. The Morgan fingerprint density at radius 2 is 2.03 bits per heavy atom. The number of likely N-dealkylation sites (tertiary alicyclic amines) is 1. The first kappa shape index (κ1) is 22.1. The van der Waals surface area contributed by atoms with Crippen LogP contribution in [0.15, 0.2) is 35.5 Å². The van der Waals surface area contributed by atoms with Crippen LogP contribution in [0.1, 0.15) is 18.9 Å². The third-order valence-corrected chi connectivity index (χ3v) is 6.98. The monoisotopic (exact) mass is 456 g/mol. The van der Waals surface area contributed by atoms with Crippen molar-refractivity contribution in [2.45, 2.75) is 25.5 Å². The topological polar surface area (TPSA) is 94.1 Å². The highest BCUT2D eigenvalue weighted by Crippen LogP contribution is 2.37. The molecule has 0 radical (unpaired) electrons. The molecule has 4 aliphatic rings. The van der Waals surface area contributed by atoms with Crippen LogP contribution in [0.5, 0.6) is 0 Å². The van der Waals surface area contributed by atoms with E-state index >= 15 is 0 Å². The van der Waals surface area contributed by atoms with Crippen molar-refractivity contribution >= 4 is 23.1 Å². The second kappa shape index (κ2) is 8.89. The lowest BCUT2D eigenvalue weighted by molar-refractivity contribution is -0.139. The molecule has 0 spiro atoms. The number of nitrogens with one attached hydrogen (secondary N) is 2. The lowest BCUT2D eigenvalue weighted by Crippen LogP contribution is -2.53. The minimum atomic E-state index is -0.614. The zero-order chi connectivity index (χ0) is 23.1. The van der Waals surface area contributed by atoms with Gasteiger partial charge >= 0.3 is 0 Å². The predicted octanol–water partition coefficient (Wildman–Crippen LogP) is 0.949. The van der Waals surface area contributed by atoms with Crippen LogP contribution < -0.4 is 10.6 Å². The summed E-state index contributed by atoms with van der Waals surface area (Å²) < 4.78 is 19.1. The van der Waals surface area contributed by atoms with Gasteiger partial charge in [0.25, 0.3) is 5.91 Å². The molecule has 9 heteroatoms. The average Bonchev–Trinajstić information content (AvgIpc) is 3.27. The van der Waals surface area contributed by atoms with Crippen LogP contribution in [0, 0.1) is 11.7 Å². The van der Waals surface area contributed by atoms with Gasteiger partial charge in [-0.3, -0.25) is 14.5 Å². The molecule has 2 unspecified atom stereocenters. The van der Waals surface area contributed by atoms with Crippen molar-refractivity contribution in [2.75, 3.05) is 51.3 Å². The van der Waals surface area contributed by atoms with E-state index in [1.807, 2.05) is 6.92 Å². The number of amides is 2. The maximum Gasteiger partial charge on any atom is 0.256 e. The number of benzene rings is 1. The molecule has 0 saturated carbocycles. The quantitative estimate of drug-likeness (QED) is 0.572. The van der Waals surface area contributed by atoms with Crippen molar-refractivity contribution in [3.8, 4) is 0 Å². The number of aliphatic hydroxyl groups is 1. The van der Waals surface area contributed by atoms with Gasteiger partial charge in [0.15, 0.2) is 0 Å². The van der Waals surface area contributed by atoms with Crippen molar-refractivity contribution in [2.24, 2.45) is 5.92 Å². The van der Waals surface area contributed by atoms with Crippen LogP contribution in [0.25, 0.3) is 5.57 Å². The number of aliphatic hydroxyl groups excluding tert-OH is 1. The Bertz CT molecular complexity index is 1030. The van der Waals surface area contributed by atoms with Crippen LogP contribution >= 0.6 is 0 Å². The van der Waals surface area contributed by atoms with E-state index in [0.717, 1.165) is 30.8 Å². The molecule has 3 N–H and O–H groups in total. The first-order chi connectivity index (χ1) is 15.9. The van der Waals surface area contributed by atoms with Gasteiger partial charge in [-0.2, -0.15) is 0 Å². The summed E-state index contributed by atoms with van der Waals surface area (Å²) in [6.07, 6.45) is 1.86. The van der Waals surface area contributed by atoms with Gasteiger partial charge in [0.05, 0.1) is 30.8 Å². The van der Waals surface area contributed by atoms with Gasteiger partial charge in [-0.05, 0) is 43.2 Å². The standard InChI is InChI=1S/C24H29FN4O4/c1-14-21(11-18-17-10-15(25)2-3-19(17)27-23(18)31)26-20-4-5-29(24(32)22(14)20)13-16(30)12-28-6-8-33-9-7-28/h2-3,10-11,16,20,22,26,30H,4-9,12-13H2,1H3,(H,27,31)/b18-11-/t16-,20?,22?/m0/s1. The Kier molecular flexibility index (Phi) is 5.94. The number of β-amino-alcohol motifs (C(OH)–C–C–N with tert-alkyl or cyclic N) is 1. The van der Waals surface area contributed by atoms with Crippen molar-refractivity contribution < 1.29 is 23.8 Å². The number of morpholine rings is 1. The van der Waals surface area contributed by atoms with Crippen molar-refractivity contribution in [1.29, 1.82) is 0 Å². The van der Waals surface area contributed by atoms with E-state index in [1.54, 1.807) is 17.0 Å². The minimum absolute atomic E-state index is 0.00649. The lowest BCUT2D eigenvalue weighted by Gasteiger charge is -2.37. The Morgan fingerprint density at radius 1 is 1.24 bits per heavy atom. The highest BCUT2D eigenvalue weighted by molar-refractivity contribution is 6.31. The number of piperidine rings is 1. The van der Waals surface area contributed by atoms with E-state index < -0.39 is 11.9 Å². The number of carbonyl (C=O) groups excluding carboxylic acids is 2. The number of allylic oxidation sites excluding steroid dienone is 1. The van der Waals surface area contributed by atoms with Crippen LogP contribution in [0.4, 0.5) is 10.1 Å². The van der Waals surface area contributed by atoms with Crippen molar-refractivity contribution in [1.82, 2.24) is 15.1 Å². The summed E-state index contributed by atoms with van der Waals surface area (Å²) >= 11 is 0. The zero-order valence-corrected chi connectivity index (χ0v) is 18.6. The Morgan fingerprint density at radius 3 is 2.82 bits per heavy atom. The first-order valence-corrected chi connectivity index (χ1v) is 11.5. The van der Waals surface area contributed by atoms with E-state index in [2.05, 4.69) is 15.5 Å². The highest BCUT2D eigenvalue weighted by atomic mass is 19.1. The number of hydrogen-bond donors (Lipinski definition) is 3. The predicted molar refractivity (Wildman–Crippen MR) is 121 cm³/mol. The second-order valence-electron chi connectivity index (χ2n) is 9.17. The van der Waals surface area contributed by atoms with Gasteiger partial charge in [-0.25, -0.2) is 4.39 Å². The highest BCUT2D eigenvalue weighted by Gasteiger charge is 2.43. The Labute approximate surface area is 192 Å². The minimum Gasteiger partial charge on any atom is -0.390 e. The number of halogens is 1. The molecule has 176 valence electrons. The van der Waals surface area contributed by atoms with Crippen LogP contribution in [0.2, 0.25) is 0 Å². The Hall–Kier alpha value is -2.75. The molecule has 4 aliphatic heterocycles. The molecule has 2 amide bonds. The molecule has 5 rings (SSSR count). The molecular formula is C24H29FN4O4. The second-order valence-corrected chi connectivity index (χ2v) is 9.17. The fourth-order valence-electron chi connectivity index (χ4n) is 5.24. The number of ether oxygens (including phenoxy) is 1. The van der Waals surface area contributed by atoms with E-state index in [1.165, 1.54) is 12.1 Å². The fourth-order valence-corrected chi connectivity index (χ4v) is 5.24. The average molecular weight is 457 g/mol. The van der Waals surface area contributed by atoms with E-state index in [-0.39, 0.29) is 23.8 Å². The van der Waals surface area contributed by atoms with Gasteiger partial charge in [0.2, 0.25) is 5.91 Å². The zero-order valence-electron chi connectivity index (χ0n) is 18.6. The summed E-state index contributed by atoms with van der Waals surface area (Å²) in [7, 11) is 0. The molecule has 8 nitrogen and oxygen atoms in total. The van der Waals surface area contributed by atoms with E-state index in [0.29, 0.717) is 49.7 Å². The molecule has 33 heavy (non-hydrogen) atoms. The first-order valence-electron chi connectivity index (χ1n) is 11.5. The third-order valence-electron chi connectivity index (χ3n) is 6.98. The number of anilines is 1. The summed E-state index contributed by atoms with van der Waals surface area (Å²) in [5.41, 5.74) is 3.09. The molecule has 2 fully saturated rings. The number of rotatable bonds is 5. The van der Waals surface area contributed by atoms with Gasteiger partial charge in [0, 0.05) is 55.7 Å². The summed E-state index contributed by atoms with van der Waals surface area (Å²) in [5.74, 6) is -1.03. The van der Waals surface area contributed by atoms with Crippen LogP contribution in [0.3, 0.4) is 0 Å². The van der Waals surface area contributed by atoms with Gasteiger partial charge in [-0.15, -0.1) is 0 Å². The van der Waals surface area contributed by atoms with Crippen LogP contribution in [-0.4, -0.2) is 84.8 Å². The maximum absolute atomic E-state index is 13.8. The van der Waals surface area contributed by atoms with Gasteiger partial charge < -0.3 is 25.4 Å². The molecule has 0 bridgehead atoms. The van der Waals surface area contributed by atoms with Crippen LogP contribution in [-0.2, 0) is 14.3 Å². The number of fused-ring (bicyclic) bond motifs is 2. The SMILES string of the molecule is CC1=C(/C=C2\C(=O)Nc3ccc(F)cc32)NC2CCN(C[C@@H](O)CN3CCOCC3)C(=O)C12. The fraction of sp³-hybridized carbons (Fsp3) is 0.500. The molecule has 2 saturated heterocycles. The van der Waals surface area contributed by atoms with Gasteiger partial charge in [0.1, 0.15) is 5.82 Å². The molecule has 3 atom stereocenters.